The van der Waals surface area contributed by atoms with Crippen molar-refractivity contribution in [3.05, 3.63) is 23.8 Å². The number of methoxy groups -OCH3 is 1. The highest BCUT2D eigenvalue weighted by Gasteiger charge is 2.06. The van der Waals surface area contributed by atoms with E-state index in [-0.39, 0.29) is 11.5 Å². The minimum absolute atomic E-state index is 0.134. The fourth-order valence-electron chi connectivity index (χ4n) is 1.30. The maximum atomic E-state index is 10.8. The van der Waals surface area contributed by atoms with Crippen molar-refractivity contribution in [1.29, 1.82) is 0 Å². The second-order valence-electron chi connectivity index (χ2n) is 3.17. The Bertz CT molecular complexity index is 421. The molecule has 1 amide bonds. The molecule has 1 aromatic rings. The van der Waals surface area contributed by atoms with E-state index < -0.39 is 5.91 Å². The highest BCUT2D eigenvalue weighted by atomic mass is 32.1. The number of amides is 1. The van der Waals surface area contributed by atoms with E-state index >= 15 is 0 Å². The van der Waals surface area contributed by atoms with Gasteiger partial charge in [0.15, 0.2) is 5.11 Å². The summed E-state index contributed by atoms with van der Waals surface area (Å²) in [6.45, 7) is 0. The number of hydrogen-bond acceptors (Lipinski definition) is 3. The van der Waals surface area contributed by atoms with Gasteiger partial charge in [-0.15, -0.1) is 0 Å². The lowest BCUT2D eigenvalue weighted by Gasteiger charge is -2.11. The fraction of sp³-hybridized carbons (Fsp3) is 0.200. The van der Waals surface area contributed by atoms with Gasteiger partial charge in [0.25, 0.3) is 0 Å². The number of nitrogens with two attached hydrogens (primary N) is 2. The molecule has 0 unspecified atom stereocenters. The molecule has 5 N–H and O–H groups in total. The molecule has 0 saturated heterocycles. The van der Waals surface area contributed by atoms with Crippen LogP contribution in [-0.4, -0.2) is 18.1 Å². The summed E-state index contributed by atoms with van der Waals surface area (Å²) >= 11 is 4.74. The number of anilines is 1. The zero-order valence-corrected chi connectivity index (χ0v) is 9.64. The van der Waals surface area contributed by atoms with Crippen LogP contribution >= 0.6 is 12.2 Å². The summed E-state index contributed by atoms with van der Waals surface area (Å²) in [6.07, 6.45) is 0.163. The lowest BCUT2D eigenvalue weighted by atomic mass is 10.1. The molecule has 1 aromatic carbocycles. The molecule has 0 atom stereocenters. The maximum Gasteiger partial charge on any atom is 0.221 e. The van der Waals surface area contributed by atoms with Gasteiger partial charge < -0.3 is 21.5 Å². The quantitative estimate of drug-likeness (QED) is 0.661. The van der Waals surface area contributed by atoms with Crippen LogP contribution in [-0.2, 0) is 11.2 Å². The zero-order valence-electron chi connectivity index (χ0n) is 8.82. The molecule has 0 aliphatic heterocycles. The summed E-state index contributed by atoms with van der Waals surface area (Å²) in [5, 5.41) is 2.90. The molecule has 1 rings (SSSR count). The Hall–Kier alpha value is -1.82. The van der Waals surface area contributed by atoms with Crippen LogP contribution < -0.4 is 21.5 Å². The van der Waals surface area contributed by atoms with E-state index in [0.29, 0.717) is 11.4 Å². The van der Waals surface area contributed by atoms with Gasteiger partial charge in [-0.25, -0.2) is 0 Å². The third-order valence-corrected chi connectivity index (χ3v) is 2.00. The summed E-state index contributed by atoms with van der Waals surface area (Å²) in [4.78, 5) is 10.8. The van der Waals surface area contributed by atoms with Gasteiger partial charge in [0, 0.05) is 0 Å². The number of nitrogens with one attached hydrogen (secondary N) is 1. The zero-order chi connectivity index (χ0) is 12.1. The maximum absolute atomic E-state index is 10.8. The van der Waals surface area contributed by atoms with Gasteiger partial charge in [-0.05, 0) is 29.9 Å². The van der Waals surface area contributed by atoms with Gasteiger partial charge in [0.2, 0.25) is 5.91 Å². The highest BCUT2D eigenvalue weighted by molar-refractivity contribution is 7.80. The Labute approximate surface area is 98.8 Å². The number of carbonyl (C=O) groups is 1. The third kappa shape index (κ3) is 3.39. The Morgan fingerprint density at radius 1 is 1.50 bits per heavy atom. The van der Waals surface area contributed by atoms with Crippen LogP contribution in [0.4, 0.5) is 5.69 Å². The molecular formula is C10H13N3O2S. The Kier molecular flexibility index (Phi) is 4.07. The number of hydrogen-bond donors (Lipinski definition) is 3. The van der Waals surface area contributed by atoms with Crippen LogP contribution in [0.1, 0.15) is 5.56 Å². The van der Waals surface area contributed by atoms with E-state index in [4.69, 9.17) is 28.4 Å². The van der Waals surface area contributed by atoms with Crippen molar-refractivity contribution in [3.63, 3.8) is 0 Å². The summed E-state index contributed by atoms with van der Waals surface area (Å²) < 4.78 is 5.11. The molecule has 0 aliphatic carbocycles. The van der Waals surface area contributed by atoms with Crippen molar-refractivity contribution in [3.8, 4) is 5.75 Å². The van der Waals surface area contributed by atoms with E-state index in [0.717, 1.165) is 5.56 Å². The Morgan fingerprint density at radius 3 is 2.69 bits per heavy atom. The molecule has 0 saturated carbocycles. The van der Waals surface area contributed by atoms with E-state index in [1.54, 1.807) is 18.2 Å². The number of primary amides is 1. The minimum atomic E-state index is -0.397. The molecular weight excluding hydrogens is 226 g/mol. The molecule has 0 bridgehead atoms. The number of rotatable bonds is 4. The summed E-state index contributed by atoms with van der Waals surface area (Å²) in [5.74, 6) is 0.201. The molecule has 5 nitrogen and oxygen atoms in total. The molecule has 16 heavy (non-hydrogen) atoms. The van der Waals surface area contributed by atoms with Crippen LogP contribution in [0.2, 0.25) is 0 Å². The van der Waals surface area contributed by atoms with E-state index in [1.807, 2.05) is 0 Å². The molecule has 0 spiro atoms. The fourth-order valence-corrected chi connectivity index (χ4v) is 1.41. The Balaban J connectivity index is 3.00. The second-order valence-corrected chi connectivity index (χ2v) is 3.61. The third-order valence-electron chi connectivity index (χ3n) is 1.90. The number of carbonyl (C=O) groups excluding carboxylic acids is 1. The molecule has 0 fully saturated rings. The van der Waals surface area contributed by atoms with Crippen LogP contribution in [0.5, 0.6) is 5.75 Å². The van der Waals surface area contributed by atoms with Crippen LogP contribution in [0.15, 0.2) is 18.2 Å². The lowest BCUT2D eigenvalue weighted by molar-refractivity contribution is -0.117. The van der Waals surface area contributed by atoms with Gasteiger partial charge >= 0.3 is 0 Å². The van der Waals surface area contributed by atoms with E-state index in [9.17, 15) is 4.79 Å². The SMILES string of the molecule is COc1ccc(CC(N)=O)cc1NC(N)=S. The number of thiocarbonyl (C=S) groups is 1. The smallest absolute Gasteiger partial charge is 0.221 e. The van der Waals surface area contributed by atoms with E-state index in [2.05, 4.69) is 5.32 Å². The molecule has 6 heteroatoms. The van der Waals surface area contributed by atoms with Crippen LogP contribution in [0.25, 0.3) is 0 Å². The van der Waals surface area contributed by atoms with Crippen LogP contribution in [0.3, 0.4) is 0 Å². The molecule has 86 valence electrons. The van der Waals surface area contributed by atoms with Gasteiger partial charge in [0.05, 0.1) is 19.2 Å². The summed E-state index contributed by atoms with van der Waals surface area (Å²) in [7, 11) is 1.54. The van der Waals surface area contributed by atoms with Crippen molar-refractivity contribution in [2.45, 2.75) is 6.42 Å². The van der Waals surface area contributed by atoms with Crippen molar-refractivity contribution < 1.29 is 9.53 Å². The minimum Gasteiger partial charge on any atom is -0.495 e. The van der Waals surface area contributed by atoms with Gasteiger partial charge in [-0.1, -0.05) is 6.07 Å². The van der Waals surface area contributed by atoms with Crippen molar-refractivity contribution in [2.75, 3.05) is 12.4 Å². The first-order valence-electron chi connectivity index (χ1n) is 4.54. The van der Waals surface area contributed by atoms with Gasteiger partial charge in [-0.2, -0.15) is 0 Å². The van der Waals surface area contributed by atoms with E-state index in [1.165, 1.54) is 7.11 Å². The first kappa shape index (κ1) is 12.3. The molecule has 0 radical (unpaired) electrons. The monoisotopic (exact) mass is 239 g/mol. The van der Waals surface area contributed by atoms with Gasteiger partial charge in [-0.3, -0.25) is 4.79 Å². The van der Waals surface area contributed by atoms with Crippen LogP contribution in [0, 0.1) is 0 Å². The average molecular weight is 239 g/mol. The predicted octanol–water partition coefficient (Wildman–Crippen LogP) is 0.379. The largest absolute Gasteiger partial charge is 0.495 e. The number of ether oxygens (including phenoxy) is 1. The molecule has 0 aliphatic rings. The standard InChI is InChI=1S/C10H13N3O2S/c1-15-8-3-2-6(5-9(11)14)4-7(8)13-10(12)16/h2-4H,5H2,1H3,(H2,11,14)(H3,12,13,16). The first-order chi connectivity index (χ1) is 7.52. The molecule has 0 aromatic heterocycles. The Morgan fingerprint density at radius 2 is 2.19 bits per heavy atom. The highest BCUT2D eigenvalue weighted by Crippen LogP contribution is 2.25. The van der Waals surface area contributed by atoms with Crippen molar-refractivity contribution >= 4 is 28.9 Å². The topological polar surface area (TPSA) is 90.4 Å². The molecule has 0 heterocycles. The van der Waals surface area contributed by atoms with Crippen molar-refractivity contribution in [2.24, 2.45) is 11.5 Å². The average Bonchev–Trinajstić information content (AvgIpc) is 2.16. The lowest BCUT2D eigenvalue weighted by Crippen LogP contribution is -2.20. The summed E-state index contributed by atoms with van der Waals surface area (Å²) in [5.41, 5.74) is 11.9. The van der Waals surface area contributed by atoms with Gasteiger partial charge in [0.1, 0.15) is 5.75 Å². The predicted molar refractivity (Wildman–Crippen MR) is 66.3 cm³/mol. The first-order valence-corrected chi connectivity index (χ1v) is 4.95. The second kappa shape index (κ2) is 5.32. The number of benzene rings is 1. The summed E-state index contributed by atoms with van der Waals surface area (Å²) in [6, 6.07) is 5.20. The normalized spacial score (nSPS) is 9.56. The van der Waals surface area contributed by atoms with Crippen molar-refractivity contribution in [1.82, 2.24) is 0 Å².